The predicted octanol–water partition coefficient (Wildman–Crippen LogP) is 2.99. The molecule has 0 saturated heterocycles. The zero-order valence-electron chi connectivity index (χ0n) is 11.5. The van der Waals surface area contributed by atoms with Gasteiger partial charge in [0.25, 0.3) is 0 Å². The lowest BCUT2D eigenvalue weighted by atomic mass is 10.1. The molecule has 1 aromatic heterocycles. The molecule has 6 heteroatoms. The molecule has 1 heterocycles. The summed E-state index contributed by atoms with van der Waals surface area (Å²) >= 11 is 5.98. The van der Waals surface area contributed by atoms with Gasteiger partial charge in [0.15, 0.2) is 5.82 Å². The number of hydrogen-bond acceptors (Lipinski definition) is 4. The highest BCUT2D eigenvalue weighted by atomic mass is 35.5. The van der Waals surface area contributed by atoms with Crippen LogP contribution in [0.1, 0.15) is 30.6 Å². The molecule has 1 unspecified atom stereocenters. The van der Waals surface area contributed by atoms with Crippen LogP contribution >= 0.6 is 11.6 Å². The molecule has 2 aromatic rings. The third-order valence-corrected chi connectivity index (χ3v) is 3.58. The Hall–Kier alpha value is -1.46. The lowest BCUT2D eigenvalue weighted by Crippen LogP contribution is -2.26. The smallest absolute Gasteiger partial charge is 0.228 e. The van der Waals surface area contributed by atoms with E-state index in [2.05, 4.69) is 22.4 Å². The van der Waals surface area contributed by atoms with E-state index >= 15 is 0 Å². The van der Waals surface area contributed by atoms with Gasteiger partial charge in [-0.25, -0.2) is 4.39 Å². The van der Waals surface area contributed by atoms with Gasteiger partial charge in [-0.2, -0.15) is 4.98 Å². The Morgan fingerprint density at radius 3 is 2.90 bits per heavy atom. The van der Waals surface area contributed by atoms with E-state index in [0.717, 1.165) is 6.42 Å². The summed E-state index contributed by atoms with van der Waals surface area (Å²) in [6.07, 6.45) is 1.85. The number of likely N-dealkylation sites (N-methyl/N-ethyl adjacent to an activating group) is 1. The molecule has 0 aliphatic carbocycles. The van der Waals surface area contributed by atoms with Crippen LogP contribution in [0.3, 0.4) is 0 Å². The van der Waals surface area contributed by atoms with Crippen molar-refractivity contribution >= 4 is 11.6 Å². The van der Waals surface area contributed by atoms with Crippen molar-refractivity contribution in [2.24, 2.45) is 0 Å². The van der Waals surface area contributed by atoms with Crippen LogP contribution in [-0.4, -0.2) is 23.2 Å². The van der Waals surface area contributed by atoms with Crippen molar-refractivity contribution in [3.8, 4) is 0 Å². The van der Waals surface area contributed by atoms with E-state index in [-0.39, 0.29) is 12.2 Å². The average Bonchev–Trinajstić information content (AvgIpc) is 2.88. The number of hydrogen-bond donors (Lipinski definition) is 1. The van der Waals surface area contributed by atoms with E-state index in [9.17, 15) is 4.39 Å². The summed E-state index contributed by atoms with van der Waals surface area (Å²) in [6.45, 7) is 2.08. The lowest BCUT2D eigenvalue weighted by molar-refractivity contribution is 0.355. The third-order valence-electron chi connectivity index (χ3n) is 3.23. The molecule has 2 rings (SSSR count). The number of halogens is 2. The van der Waals surface area contributed by atoms with Gasteiger partial charge in [0.05, 0.1) is 0 Å². The molecule has 0 radical (unpaired) electrons. The van der Waals surface area contributed by atoms with Crippen molar-refractivity contribution < 1.29 is 8.91 Å². The first-order valence-corrected chi connectivity index (χ1v) is 6.93. The van der Waals surface area contributed by atoms with Crippen molar-refractivity contribution in [2.75, 3.05) is 7.05 Å². The molecule has 1 atom stereocenters. The van der Waals surface area contributed by atoms with Gasteiger partial charge in [0.2, 0.25) is 5.89 Å². The van der Waals surface area contributed by atoms with Crippen LogP contribution in [-0.2, 0) is 12.8 Å². The molecular formula is C14H17ClFN3O. The minimum Gasteiger partial charge on any atom is -0.339 e. The molecule has 20 heavy (non-hydrogen) atoms. The second-order valence-electron chi connectivity index (χ2n) is 4.58. The molecule has 0 aliphatic rings. The Bertz CT molecular complexity index is 549. The molecule has 1 N–H and O–H groups in total. The summed E-state index contributed by atoms with van der Waals surface area (Å²) in [6, 6.07) is 4.88. The molecule has 0 saturated carbocycles. The van der Waals surface area contributed by atoms with Gasteiger partial charge in [-0.1, -0.05) is 29.7 Å². The van der Waals surface area contributed by atoms with Crippen molar-refractivity contribution in [3.05, 3.63) is 46.3 Å². The Morgan fingerprint density at radius 2 is 2.25 bits per heavy atom. The number of rotatable bonds is 6. The van der Waals surface area contributed by atoms with E-state index < -0.39 is 0 Å². The first kappa shape index (κ1) is 14.9. The highest BCUT2D eigenvalue weighted by Crippen LogP contribution is 2.21. The van der Waals surface area contributed by atoms with Gasteiger partial charge in [0, 0.05) is 29.5 Å². The Balaban J connectivity index is 2.10. The van der Waals surface area contributed by atoms with Crippen LogP contribution < -0.4 is 5.32 Å². The fourth-order valence-corrected chi connectivity index (χ4v) is 2.20. The molecular weight excluding hydrogens is 281 g/mol. The second kappa shape index (κ2) is 6.81. The number of nitrogens with zero attached hydrogens (tertiary/aromatic N) is 2. The summed E-state index contributed by atoms with van der Waals surface area (Å²) in [5, 5.41) is 7.42. The normalized spacial score (nSPS) is 12.6. The maximum atomic E-state index is 13.7. The Morgan fingerprint density at radius 1 is 1.45 bits per heavy atom. The fraction of sp³-hybridized carbons (Fsp3) is 0.429. The summed E-state index contributed by atoms with van der Waals surface area (Å²) in [5.41, 5.74) is 0.391. The van der Waals surface area contributed by atoms with Gasteiger partial charge in [-0.05, 0) is 25.6 Å². The average molecular weight is 298 g/mol. The number of benzene rings is 1. The molecule has 0 bridgehead atoms. The molecule has 4 nitrogen and oxygen atoms in total. The molecule has 108 valence electrons. The van der Waals surface area contributed by atoms with Gasteiger partial charge in [-0.3, -0.25) is 0 Å². The van der Waals surface area contributed by atoms with Crippen LogP contribution in [0.15, 0.2) is 22.7 Å². The monoisotopic (exact) mass is 297 g/mol. The van der Waals surface area contributed by atoms with E-state index in [0.29, 0.717) is 34.8 Å². The molecule has 0 aliphatic heterocycles. The maximum Gasteiger partial charge on any atom is 0.228 e. The van der Waals surface area contributed by atoms with Gasteiger partial charge < -0.3 is 9.84 Å². The SMILES string of the molecule is CCC(Cc1nc(Cc2c(F)cccc2Cl)no1)NC. The van der Waals surface area contributed by atoms with Gasteiger partial charge >= 0.3 is 0 Å². The van der Waals surface area contributed by atoms with Crippen LogP contribution in [0.5, 0.6) is 0 Å². The van der Waals surface area contributed by atoms with E-state index in [1.165, 1.54) is 6.07 Å². The Labute approximate surface area is 122 Å². The van der Waals surface area contributed by atoms with Crippen molar-refractivity contribution in [2.45, 2.75) is 32.2 Å². The Kier molecular flexibility index (Phi) is 5.09. The van der Waals surface area contributed by atoms with E-state index in [1.54, 1.807) is 12.1 Å². The van der Waals surface area contributed by atoms with Crippen LogP contribution in [0.25, 0.3) is 0 Å². The second-order valence-corrected chi connectivity index (χ2v) is 4.99. The van der Waals surface area contributed by atoms with Crippen LogP contribution in [0.4, 0.5) is 4.39 Å². The van der Waals surface area contributed by atoms with Crippen LogP contribution in [0.2, 0.25) is 5.02 Å². The number of aromatic nitrogens is 2. The van der Waals surface area contributed by atoms with Gasteiger partial charge in [-0.15, -0.1) is 0 Å². The summed E-state index contributed by atoms with van der Waals surface area (Å²) in [4.78, 5) is 4.28. The number of nitrogens with one attached hydrogen (secondary N) is 1. The summed E-state index contributed by atoms with van der Waals surface area (Å²) in [7, 11) is 1.89. The maximum absolute atomic E-state index is 13.7. The van der Waals surface area contributed by atoms with Crippen molar-refractivity contribution in [1.82, 2.24) is 15.5 Å². The quantitative estimate of drug-likeness (QED) is 0.890. The summed E-state index contributed by atoms with van der Waals surface area (Å²) in [5.74, 6) is 0.636. The third kappa shape index (κ3) is 3.55. The molecule has 0 amide bonds. The standard InChI is InChI=1S/C14H17ClFN3O/c1-3-9(17-2)7-14-18-13(19-20-14)8-10-11(15)5-4-6-12(10)16/h4-6,9,17H,3,7-8H2,1-2H3. The highest BCUT2D eigenvalue weighted by Gasteiger charge is 2.14. The largest absolute Gasteiger partial charge is 0.339 e. The lowest BCUT2D eigenvalue weighted by Gasteiger charge is -2.09. The topological polar surface area (TPSA) is 51.0 Å². The van der Waals surface area contributed by atoms with Gasteiger partial charge in [0.1, 0.15) is 5.82 Å². The molecule has 0 fully saturated rings. The van der Waals surface area contributed by atoms with Crippen molar-refractivity contribution in [1.29, 1.82) is 0 Å². The molecule has 1 aromatic carbocycles. The van der Waals surface area contributed by atoms with E-state index in [4.69, 9.17) is 16.1 Å². The highest BCUT2D eigenvalue weighted by molar-refractivity contribution is 6.31. The van der Waals surface area contributed by atoms with Crippen molar-refractivity contribution in [3.63, 3.8) is 0 Å². The van der Waals surface area contributed by atoms with E-state index in [1.807, 2.05) is 7.05 Å². The predicted molar refractivity (Wildman–Crippen MR) is 75.4 cm³/mol. The summed E-state index contributed by atoms with van der Waals surface area (Å²) < 4.78 is 18.9. The van der Waals surface area contributed by atoms with Crippen LogP contribution in [0, 0.1) is 5.82 Å². The minimum absolute atomic E-state index is 0.228. The molecule has 0 spiro atoms. The first-order chi connectivity index (χ1) is 9.63. The minimum atomic E-state index is -0.356. The zero-order chi connectivity index (χ0) is 14.5. The fourth-order valence-electron chi connectivity index (χ4n) is 1.97. The zero-order valence-corrected chi connectivity index (χ0v) is 12.2. The first-order valence-electron chi connectivity index (χ1n) is 6.55.